The molecule has 0 saturated heterocycles. The fourth-order valence-electron chi connectivity index (χ4n) is 2.61. The van der Waals surface area contributed by atoms with Crippen molar-refractivity contribution in [2.24, 2.45) is 5.92 Å². The Hall–Kier alpha value is -1.81. The number of amides is 1. The number of hydrogen-bond acceptors (Lipinski definition) is 3. The fourth-order valence-corrected chi connectivity index (χ4v) is 2.61. The molecule has 1 amide bonds. The molecule has 21 heavy (non-hydrogen) atoms. The Labute approximate surface area is 126 Å². The van der Waals surface area contributed by atoms with Gasteiger partial charge in [0, 0.05) is 13.5 Å². The third-order valence-corrected chi connectivity index (χ3v) is 3.71. The van der Waals surface area contributed by atoms with Crippen LogP contribution in [0.3, 0.4) is 0 Å². The van der Waals surface area contributed by atoms with E-state index in [0.29, 0.717) is 5.75 Å². The average Bonchev–Trinajstić information content (AvgIpc) is 2.48. The quantitative estimate of drug-likeness (QED) is 0.791. The molecule has 0 spiro atoms. The van der Waals surface area contributed by atoms with E-state index in [2.05, 4.69) is 22.8 Å². The molecule has 4 heteroatoms. The van der Waals surface area contributed by atoms with Crippen molar-refractivity contribution in [2.45, 2.75) is 32.7 Å². The van der Waals surface area contributed by atoms with Gasteiger partial charge in [0.25, 0.3) is 0 Å². The highest BCUT2D eigenvalue weighted by atomic mass is 16.5. The maximum Gasteiger partial charge on any atom is 0.221 e. The minimum atomic E-state index is -0.0904. The molecule has 2 rings (SSSR count). The van der Waals surface area contributed by atoms with Gasteiger partial charge in [0.15, 0.2) is 0 Å². The number of hydrogen-bond donors (Lipinski definition) is 2. The zero-order chi connectivity index (χ0) is 15.1. The molecule has 1 aromatic carbocycles. The summed E-state index contributed by atoms with van der Waals surface area (Å²) in [5.41, 5.74) is 1.87. The summed E-state index contributed by atoms with van der Waals surface area (Å²) in [6.07, 6.45) is 8.18. The van der Waals surface area contributed by atoms with Gasteiger partial charge >= 0.3 is 0 Å². The van der Waals surface area contributed by atoms with Crippen LogP contribution >= 0.6 is 0 Å². The molecule has 0 fully saturated rings. The Balaban J connectivity index is 1.90. The van der Waals surface area contributed by atoms with Crippen LogP contribution < -0.4 is 15.4 Å². The van der Waals surface area contributed by atoms with Crippen molar-refractivity contribution in [3.63, 3.8) is 0 Å². The highest BCUT2D eigenvalue weighted by Crippen LogP contribution is 2.25. The van der Waals surface area contributed by atoms with Crippen LogP contribution in [0.1, 0.15) is 31.7 Å². The summed E-state index contributed by atoms with van der Waals surface area (Å²) in [5.74, 6) is 1.34. The molecule has 0 radical (unpaired) electrons. The summed E-state index contributed by atoms with van der Waals surface area (Å²) < 4.78 is 5.26. The van der Waals surface area contributed by atoms with E-state index in [0.717, 1.165) is 30.3 Å². The van der Waals surface area contributed by atoms with Gasteiger partial charge in [-0.2, -0.15) is 0 Å². The van der Waals surface area contributed by atoms with E-state index in [1.165, 1.54) is 26.2 Å². The second kappa shape index (κ2) is 7.84. The molecule has 0 heterocycles. The molecular weight excluding hydrogens is 264 g/mol. The molecule has 0 aromatic heterocycles. The van der Waals surface area contributed by atoms with Gasteiger partial charge in [0.1, 0.15) is 5.75 Å². The molecular formula is C17H24N2O2. The van der Waals surface area contributed by atoms with E-state index in [4.69, 9.17) is 4.74 Å². The second-order valence-corrected chi connectivity index (χ2v) is 5.50. The van der Waals surface area contributed by atoms with Crippen LogP contribution in [-0.4, -0.2) is 19.6 Å². The molecule has 1 atom stereocenters. The Kier molecular flexibility index (Phi) is 5.81. The number of allylic oxidation sites excluding steroid dienone is 2. The van der Waals surface area contributed by atoms with Crippen LogP contribution in [0.2, 0.25) is 0 Å². The topological polar surface area (TPSA) is 50.4 Å². The summed E-state index contributed by atoms with van der Waals surface area (Å²) in [4.78, 5) is 11.2. The molecule has 4 nitrogen and oxygen atoms in total. The van der Waals surface area contributed by atoms with Gasteiger partial charge in [-0.1, -0.05) is 18.2 Å². The van der Waals surface area contributed by atoms with Gasteiger partial charge in [-0.15, -0.1) is 0 Å². The van der Waals surface area contributed by atoms with Crippen LogP contribution in [0.15, 0.2) is 30.4 Å². The number of carbonyl (C=O) groups excluding carboxylic acids is 1. The standard InChI is InChI=1S/C17H24N2O2/c1-13(20)19-16-10-15(8-9-17(16)21-2)12-18-11-14-6-4-3-5-7-14/h3-4,8-10,14,18H,5-7,11-12H2,1-2H3,(H,19,20)/t14-/m0/s1. The van der Waals surface area contributed by atoms with Gasteiger partial charge in [0.2, 0.25) is 5.91 Å². The van der Waals surface area contributed by atoms with Crippen LogP contribution in [0.5, 0.6) is 5.75 Å². The lowest BCUT2D eigenvalue weighted by atomic mass is 9.94. The molecule has 114 valence electrons. The molecule has 0 unspecified atom stereocenters. The summed E-state index contributed by atoms with van der Waals surface area (Å²) >= 11 is 0. The lowest BCUT2D eigenvalue weighted by Crippen LogP contribution is -2.23. The molecule has 0 saturated carbocycles. The molecule has 1 aliphatic rings. The van der Waals surface area contributed by atoms with Crippen molar-refractivity contribution in [3.8, 4) is 5.75 Å². The summed E-state index contributed by atoms with van der Waals surface area (Å²) in [6.45, 7) is 3.34. The van der Waals surface area contributed by atoms with E-state index in [-0.39, 0.29) is 5.91 Å². The van der Waals surface area contributed by atoms with Crippen molar-refractivity contribution in [3.05, 3.63) is 35.9 Å². The Bertz CT molecular complexity index is 512. The van der Waals surface area contributed by atoms with Crippen molar-refractivity contribution in [2.75, 3.05) is 19.0 Å². The van der Waals surface area contributed by atoms with E-state index in [1.807, 2.05) is 18.2 Å². The normalized spacial score (nSPS) is 17.5. The minimum Gasteiger partial charge on any atom is -0.495 e. The van der Waals surface area contributed by atoms with Crippen molar-refractivity contribution < 1.29 is 9.53 Å². The molecule has 0 aliphatic heterocycles. The van der Waals surface area contributed by atoms with Crippen LogP contribution in [-0.2, 0) is 11.3 Å². The van der Waals surface area contributed by atoms with Gasteiger partial charge in [-0.3, -0.25) is 4.79 Å². The maximum absolute atomic E-state index is 11.2. The SMILES string of the molecule is COc1ccc(CNC[C@H]2CC=CCC2)cc1NC(C)=O. The molecule has 0 bridgehead atoms. The van der Waals surface area contributed by atoms with E-state index in [9.17, 15) is 4.79 Å². The first-order chi connectivity index (χ1) is 10.2. The van der Waals surface area contributed by atoms with Crippen molar-refractivity contribution >= 4 is 11.6 Å². The number of anilines is 1. The first-order valence-electron chi connectivity index (χ1n) is 7.49. The summed E-state index contributed by atoms with van der Waals surface area (Å²) in [6, 6.07) is 5.89. The number of nitrogens with one attached hydrogen (secondary N) is 2. The van der Waals surface area contributed by atoms with E-state index < -0.39 is 0 Å². The third-order valence-electron chi connectivity index (χ3n) is 3.71. The van der Waals surface area contributed by atoms with Gasteiger partial charge in [0.05, 0.1) is 12.8 Å². The van der Waals surface area contributed by atoms with Crippen LogP contribution in [0.4, 0.5) is 5.69 Å². The molecule has 1 aliphatic carbocycles. The Morgan fingerprint density at radius 3 is 2.90 bits per heavy atom. The Morgan fingerprint density at radius 2 is 2.24 bits per heavy atom. The highest BCUT2D eigenvalue weighted by molar-refractivity contribution is 5.90. The van der Waals surface area contributed by atoms with Gasteiger partial charge in [-0.05, 0) is 49.4 Å². The second-order valence-electron chi connectivity index (χ2n) is 5.50. The molecule has 1 aromatic rings. The number of benzene rings is 1. The van der Waals surface area contributed by atoms with Gasteiger partial charge < -0.3 is 15.4 Å². The number of methoxy groups -OCH3 is 1. The maximum atomic E-state index is 11.2. The average molecular weight is 288 g/mol. The van der Waals surface area contributed by atoms with Crippen molar-refractivity contribution in [1.82, 2.24) is 5.32 Å². The minimum absolute atomic E-state index is 0.0904. The number of carbonyl (C=O) groups is 1. The summed E-state index contributed by atoms with van der Waals surface area (Å²) in [5, 5.41) is 6.31. The lowest BCUT2D eigenvalue weighted by molar-refractivity contribution is -0.114. The van der Waals surface area contributed by atoms with Crippen LogP contribution in [0.25, 0.3) is 0 Å². The fraction of sp³-hybridized carbons (Fsp3) is 0.471. The Morgan fingerprint density at radius 1 is 1.38 bits per heavy atom. The predicted octanol–water partition coefficient (Wildman–Crippen LogP) is 3.10. The molecule has 2 N–H and O–H groups in total. The van der Waals surface area contributed by atoms with Crippen LogP contribution in [0, 0.1) is 5.92 Å². The smallest absolute Gasteiger partial charge is 0.221 e. The first-order valence-corrected chi connectivity index (χ1v) is 7.49. The zero-order valence-corrected chi connectivity index (χ0v) is 12.8. The van der Waals surface area contributed by atoms with E-state index >= 15 is 0 Å². The number of ether oxygens (including phenoxy) is 1. The van der Waals surface area contributed by atoms with Gasteiger partial charge in [-0.25, -0.2) is 0 Å². The third kappa shape index (κ3) is 4.90. The zero-order valence-electron chi connectivity index (χ0n) is 12.8. The van der Waals surface area contributed by atoms with E-state index in [1.54, 1.807) is 7.11 Å². The van der Waals surface area contributed by atoms with Crippen molar-refractivity contribution in [1.29, 1.82) is 0 Å². The monoisotopic (exact) mass is 288 g/mol. The first kappa shape index (κ1) is 15.6. The summed E-state index contributed by atoms with van der Waals surface area (Å²) in [7, 11) is 1.61. The highest BCUT2D eigenvalue weighted by Gasteiger charge is 2.10. The predicted molar refractivity (Wildman–Crippen MR) is 85.5 cm³/mol. The lowest BCUT2D eigenvalue weighted by Gasteiger charge is -2.18. The number of rotatable bonds is 6. The largest absolute Gasteiger partial charge is 0.495 e.